The van der Waals surface area contributed by atoms with E-state index in [1.165, 1.54) is 25.7 Å². The maximum absolute atomic E-state index is 3.44. The average Bonchev–Trinajstić information content (AvgIpc) is 2.85. The highest BCUT2D eigenvalue weighted by molar-refractivity contribution is 14.1. The fraction of sp³-hybridized carbons (Fsp3) is 0.222. The molecule has 0 radical (unpaired) electrons. The molecule has 3 rings (SSSR count). The smallest absolute Gasteiger partial charge is 0.0486 e. The fourth-order valence-corrected chi connectivity index (χ4v) is 2.99. The van der Waals surface area contributed by atoms with Gasteiger partial charge in [0.05, 0.1) is 0 Å². The zero-order chi connectivity index (χ0) is 14.7. The molecule has 0 saturated heterocycles. The third-order valence-electron chi connectivity index (χ3n) is 3.71. The van der Waals surface area contributed by atoms with Gasteiger partial charge in [0.25, 0.3) is 0 Å². The number of hydrogen-bond donors (Lipinski definition) is 1. The molecule has 1 heterocycles. The third-order valence-corrected chi connectivity index (χ3v) is 4.43. The molecule has 0 unspecified atom stereocenters. The van der Waals surface area contributed by atoms with Crippen molar-refractivity contribution in [2.75, 3.05) is 6.54 Å². The van der Waals surface area contributed by atoms with Crippen LogP contribution in [0.1, 0.15) is 18.2 Å². The van der Waals surface area contributed by atoms with Crippen LogP contribution >= 0.6 is 22.6 Å². The molecule has 0 aliphatic heterocycles. The summed E-state index contributed by atoms with van der Waals surface area (Å²) in [5.74, 6) is 0. The molecule has 108 valence electrons. The van der Waals surface area contributed by atoms with E-state index in [2.05, 4.69) is 94.0 Å². The molecule has 2 nitrogen and oxygen atoms in total. The van der Waals surface area contributed by atoms with Crippen LogP contribution in [0.4, 0.5) is 0 Å². The Morgan fingerprint density at radius 2 is 1.81 bits per heavy atom. The van der Waals surface area contributed by atoms with Crippen molar-refractivity contribution >= 4 is 33.5 Å². The molecular formula is C18H19IN2. The zero-order valence-electron chi connectivity index (χ0n) is 12.1. The Kier molecular flexibility index (Phi) is 4.60. The third kappa shape index (κ3) is 3.30. The fourth-order valence-electron chi connectivity index (χ4n) is 2.63. The number of aromatic nitrogens is 1. The van der Waals surface area contributed by atoms with Gasteiger partial charge in [0.2, 0.25) is 0 Å². The number of nitrogens with zero attached hydrogens (tertiary/aromatic N) is 1. The minimum absolute atomic E-state index is 0.912. The van der Waals surface area contributed by atoms with Crippen molar-refractivity contribution in [3.8, 4) is 0 Å². The first kappa shape index (κ1) is 14.6. The lowest BCUT2D eigenvalue weighted by atomic mass is 10.2. The second kappa shape index (κ2) is 6.62. The lowest BCUT2D eigenvalue weighted by Gasteiger charge is -2.11. The number of rotatable bonds is 5. The van der Waals surface area contributed by atoms with Crippen LogP contribution in [0.5, 0.6) is 0 Å². The van der Waals surface area contributed by atoms with Crippen LogP contribution in [0.25, 0.3) is 10.9 Å². The van der Waals surface area contributed by atoms with Crippen molar-refractivity contribution in [3.05, 3.63) is 69.4 Å². The van der Waals surface area contributed by atoms with E-state index in [1.54, 1.807) is 0 Å². The highest BCUT2D eigenvalue weighted by Gasteiger charge is 2.08. The van der Waals surface area contributed by atoms with Gasteiger partial charge in [0, 0.05) is 27.9 Å². The molecule has 0 fully saturated rings. The van der Waals surface area contributed by atoms with Crippen molar-refractivity contribution < 1.29 is 0 Å². The van der Waals surface area contributed by atoms with Crippen LogP contribution in [0, 0.1) is 3.57 Å². The van der Waals surface area contributed by atoms with E-state index in [0.717, 1.165) is 19.6 Å². The molecule has 0 saturated carbocycles. The summed E-state index contributed by atoms with van der Waals surface area (Å²) in [7, 11) is 0. The van der Waals surface area contributed by atoms with Gasteiger partial charge in [-0.1, -0.05) is 37.3 Å². The summed E-state index contributed by atoms with van der Waals surface area (Å²) < 4.78 is 3.70. The first-order valence-corrected chi connectivity index (χ1v) is 8.38. The van der Waals surface area contributed by atoms with Crippen molar-refractivity contribution in [2.24, 2.45) is 0 Å². The van der Waals surface area contributed by atoms with Crippen LogP contribution in [-0.4, -0.2) is 11.1 Å². The quantitative estimate of drug-likeness (QED) is 0.639. The summed E-state index contributed by atoms with van der Waals surface area (Å²) >= 11 is 2.35. The molecule has 0 bridgehead atoms. The highest BCUT2D eigenvalue weighted by Crippen LogP contribution is 2.21. The summed E-state index contributed by atoms with van der Waals surface area (Å²) in [6.45, 7) is 4.97. The van der Waals surface area contributed by atoms with Gasteiger partial charge in [-0.05, 0) is 64.4 Å². The Morgan fingerprint density at radius 3 is 2.57 bits per heavy atom. The number of nitrogens with one attached hydrogen (secondary N) is 1. The normalized spacial score (nSPS) is 11.1. The summed E-state index contributed by atoms with van der Waals surface area (Å²) in [6.07, 6.45) is 0. The zero-order valence-corrected chi connectivity index (χ0v) is 14.3. The van der Waals surface area contributed by atoms with E-state index in [0.29, 0.717) is 0 Å². The SMILES string of the molecule is CCNCc1cc2ccccc2n1Cc1ccc(I)cc1. The highest BCUT2D eigenvalue weighted by atomic mass is 127. The Labute approximate surface area is 139 Å². The summed E-state index contributed by atoms with van der Waals surface area (Å²) in [5, 5.41) is 4.75. The summed E-state index contributed by atoms with van der Waals surface area (Å²) in [5.41, 5.74) is 4.00. The lowest BCUT2D eigenvalue weighted by molar-refractivity contribution is 0.666. The molecule has 0 aliphatic carbocycles. The van der Waals surface area contributed by atoms with E-state index in [4.69, 9.17) is 0 Å². The number of benzene rings is 2. The van der Waals surface area contributed by atoms with Gasteiger partial charge in [0.15, 0.2) is 0 Å². The molecule has 1 N–H and O–H groups in total. The maximum Gasteiger partial charge on any atom is 0.0486 e. The Bertz CT molecular complexity index is 729. The van der Waals surface area contributed by atoms with Gasteiger partial charge >= 0.3 is 0 Å². The number of para-hydroxylation sites is 1. The molecule has 2 aromatic carbocycles. The molecule has 0 amide bonds. The topological polar surface area (TPSA) is 17.0 Å². The number of hydrogen-bond acceptors (Lipinski definition) is 1. The maximum atomic E-state index is 3.44. The Morgan fingerprint density at radius 1 is 1.05 bits per heavy atom. The van der Waals surface area contributed by atoms with E-state index in [-0.39, 0.29) is 0 Å². The molecule has 3 aromatic rings. The molecule has 0 aliphatic rings. The average molecular weight is 390 g/mol. The van der Waals surface area contributed by atoms with E-state index < -0.39 is 0 Å². The summed E-state index contributed by atoms with van der Waals surface area (Å²) in [4.78, 5) is 0. The molecular weight excluding hydrogens is 371 g/mol. The van der Waals surface area contributed by atoms with Crippen molar-refractivity contribution in [3.63, 3.8) is 0 Å². The minimum atomic E-state index is 0.912. The lowest BCUT2D eigenvalue weighted by Crippen LogP contribution is -2.15. The van der Waals surface area contributed by atoms with Crippen LogP contribution in [0.2, 0.25) is 0 Å². The predicted molar refractivity (Wildman–Crippen MR) is 97.6 cm³/mol. The predicted octanol–water partition coefficient (Wildman–Crippen LogP) is 4.40. The van der Waals surface area contributed by atoms with Crippen LogP contribution in [0.3, 0.4) is 0 Å². The molecule has 21 heavy (non-hydrogen) atoms. The van der Waals surface area contributed by atoms with Gasteiger partial charge in [-0.2, -0.15) is 0 Å². The van der Waals surface area contributed by atoms with Crippen LogP contribution < -0.4 is 5.32 Å². The largest absolute Gasteiger partial charge is 0.339 e. The Hall–Kier alpha value is -1.33. The summed E-state index contributed by atoms with van der Waals surface area (Å²) in [6, 6.07) is 19.7. The van der Waals surface area contributed by atoms with Crippen LogP contribution in [-0.2, 0) is 13.1 Å². The van der Waals surface area contributed by atoms with E-state index >= 15 is 0 Å². The van der Waals surface area contributed by atoms with Gasteiger partial charge in [-0.25, -0.2) is 0 Å². The minimum Gasteiger partial charge on any atom is -0.339 e. The first-order valence-electron chi connectivity index (χ1n) is 7.30. The van der Waals surface area contributed by atoms with Crippen LogP contribution in [0.15, 0.2) is 54.6 Å². The molecule has 3 heteroatoms. The second-order valence-electron chi connectivity index (χ2n) is 5.19. The van der Waals surface area contributed by atoms with E-state index in [9.17, 15) is 0 Å². The van der Waals surface area contributed by atoms with Gasteiger partial charge in [-0.3, -0.25) is 0 Å². The molecule has 1 aromatic heterocycles. The monoisotopic (exact) mass is 390 g/mol. The number of fused-ring (bicyclic) bond motifs is 1. The molecule has 0 spiro atoms. The van der Waals surface area contributed by atoms with Gasteiger partial charge < -0.3 is 9.88 Å². The standard InChI is InChI=1S/C18H19IN2/c1-2-20-12-17-11-15-5-3-4-6-18(15)21(17)13-14-7-9-16(19)10-8-14/h3-11,20H,2,12-13H2,1H3. The molecule has 0 atom stereocenters. The number of halogens is 1. The first-order chi connectivity index (χ1) is 10.3. The Balaban J connectivity index is 1.99. The van der Waals surface area contributed by atoms with Gasteiger partial charge in [0.1, 0.15) is 0 Å². The van der Waals surface area contributed by atoms with Crippen molar-refractivity contribution in [2.45, 2.75) is 20.0 Å². The van der Waals surface area contributed by atoms with Crippen molar-refractivity contribution in [1.29, 1.82) is 0 Å². The van der Waals surface area contributed by atoms with E-state index in [1.807, 2.05) is 0 Å². The second-order valence-corrected chi connectivity index (χ2v) is 6.43. The van der Waals surface area contributed by atoms with Gasteiger partial charge in [-0.15, -0.1) is 0 Å². The van der Waals surface area contributed by atoms with Crippen molar-refractivity contribution in [1.82, 2.24) is 9.88 Å².